The van der Waals surface area contributed by atoms with Crippen molar-refractivity contribution >= 4 is 17.6 Å². The Balaban J connectivity index is 2.07. The van der Waals surface area contributed by atoms with Gasteiger partial charge in [-0.25, -0.2) is 4.79 Å². The highest BCUT2D eigenvalue weighted by atomic mass is 16.5. The molecule has 0 spiro atoms. The van der Waals surface area contributed by atoms with E-state index >= 15 is 0 Å². The second-order valence-corrected chi connectivity index (χ2v) is 6.71. The fourth-order valence-corrected chi connectivity index (χ4v) is 2.82. The summed E-state index contributed by atoms with van der Waals surface area (Å²) in [6, 6.07) is 12.0. The molecular weight excluding hydrogens is 382 g/mol. The van der Waals surface area contributed by atoms with E-state index in [2.05, 4.69) is 11.9 Å². The van der Waals surface area contributed by atoms with Gasteiger partial charge in [0.15, 0.2) is 0 Å². The lowest BCUT2D eigenvalue weighted by molar-refractivity contribution is -0.133. The van der Waals surface area contributed by atoms with Gasteiger partial charge in [0.05, 0.1) is 24.8 Å². The first-order valence-corrected chi connectivity index (χ1v) is 9.52. The minimum atomic E-state index is -0.418. The summed E-state index contributed by atoms with van der Waals surface area (Å²) in [6.45, 7) is 5.04. The van der Waals surface area contributed by atoms with Crippen LogP contribution < -0.4 is 5.32 Å². The second-order valence-electron chi connectivity index (χ2n) is 6.71. The number of nitriles is 1. The highest BCUT2D eigenvalue weighted by molar-refractivity contribution is 5.92. The van der Waals surface area contributed by atoms with Gasteiger partial charge in [0, 0.05) is 44.8 Å². The Morgan fingerprint density at radius 2 is 2.00 bits per heavy atom. The van der Waals surface area contributed by atoms with Crippen LogP contribution in [0.4, 0.5) is 10.5 Å². The maximum atomic E-state index is 13.0. The van der Waals surface area contributed by atoms with E-state index in [1.165, 1.54) is 4.90 Å². The normalized spacial score (nSPS) is 10.2. The lowest BCUT2D eigenvalue weighted by atomic mass is 10.2. The fourth-order valence-electron chi connectivity index (χ4n) is 2.82. The number of nitrogens with one attached hydrogen (secondary N) is 1. The molecule has 0 aliphatic heterocycles. The number of aromatic nitrogens is 1. The van der Waals surface area contributed by atoms with Gasteiger partial charge in [-0.1, -0.05) is 6.08 Å². The van der Waals surface area contributed by atoms with Crippen molar-refractivity contribution in [1.29, 1.82) is 5.26 Å². The molecule has 2 aromatic rings. The Kier molecular flexibility index (Phi) is 8.66. The van der Waals surface area contributed by atoms with Crippen molar-refractivity contribution in [2.45, 2.75) is 6.54 Å². The molecule has 158 valence electrons. The van der Waals surface area contributed by atoms with Gasteiger partial charge in [0.25, 0.3) is 0 Å². The van der Waals surface area contributed by atoms with Crippen LogP contribution in [0.1, 0.15) is 11.3 Å². The molecule has 8 nitrogen and oxygen atoms in total. The summed E-state index contributed by atoms with van der Waals surface area (Å²) in [4.78, 5) is 28.7. The van der Waals surface area contributed by atoms with Crippen molar-refractivity contribution in [2.24, 2.45) is 7.05 Å². The third kappa shape index (κ3) is 6.50. The minimum absolute atomic E-state index is 0.0950. The topological polar surface area (TPSA) is 90.6 Å². The number of ether oxygens (including phenoxy) is 1. The molecule has 0 fully saturated rings. The predicted molar refractivity (Wildman–Crippen MR) is 115 cm³/mol. The molecule has 3 amide bonds. The molecule has 0 saturated heterocycles. The van der Waals surface area contributed by atoms with Gasteiger partial charge >= 0.3 is 6.03 Å². The summed E-state index contributed by atoms with van der Waals surface area (Å²) < 4.78 is 7.09. The summed E-state index contributed by atoms with van der Waals surface area (Å²) >= 11 is 0. The molecule has 1 heterocycles. The molecule has 0 radical (unpaired) electrons. The molecule has 0 aliphatic rings. The minimum Gasteiger partial charge on any atom is -0.383 e. The van der Waals surface area contributed by atoms with Crippen molar-refractivity contribution in [3.8, 4) is 6.07 Å². The SMILES string of the molecule is C=CCN(CC(=O)N(CCOC)Cc1cccn1C)C(=O)Nc1ccc(C#N)cc1. The zero-order valence-electron chi connectivity index (χ0n) is 17.4. The third-order valence-electron chi connectivity index (χ3n) is 4.55. The Hall–Kier alpha value is -3.57. The van der Waals surface area contributed by atoms with Crippen molar-refractivity contribution in [3.05, 3.63) is 66.5 Å². The summed E-state index contributed by atoms with van der Waals surface area (Å²) in [5.74, 6) is -0.190. The number of aryl methyl sites for hydroxylation is 1. The van der Waals surface area contributed by atoms with Gasteiger partial charge in [-0.2, -0.15) is 5.26 Å². The molecule has 0 atom stereocenters. The Labute approximate surface area is 176 Å². The molecule has 0 bridgehead atoms. The Bertz CT molecular complexity index is 898. The van der Waals surface area contributed by atoms with Crippen molar-refractivity contribution in [2.75, 3.05) is 38.7 Å². The predicted octanol–water partition coefficient (Wildman–Crippen LogP) is 2.59. The summed E-state index contributed by atoms with van der Waals surface area (Å²) in [7, 11) is 3.50. The molecular formula is C22H27N5O3. The lowest BCUT2D eigenvalue weighted by Crippen LogP contribution is -2.45. The number of anilines is 1. The van der Waals surface area contributed by atoms with E-state index in [0.717, 1.165) is 5.69 Å². The molecule has 8 heteroatoms. The van der Waals surface area contributed by atoms with Crippen LogP contribution in [0.2, 0.25) is 0 Å². The Morgan fingerprint density at radius 1 is 1.27 bits per heavy atom. The lowest BCUT2D eigenvalue weighted by Gasteiger charge is -2.27. The molecule has 2 rings (SSSR count). The highest BCUT2D eigenvalue weighted by Crippen LogP contribution is 2.11. The van der Waals surface area contributed by atoms with Gasteiger partial charge in [0.1, 0.15) is 6.54 Å². The quantitative estimate of drug-likeness (QED) is 0.611. The number of urea groups is 1. The fraction of sp³-hybridized carbons (Fsp3) is 0.318. The number of nitrogens with zero attached hydrogens (tertiary/aromatic N) is 4. The largest absolute Gasteiger partial charge is 0.383 e. The zero-order chi connectivity index (χ0) is 21.9. The molecule has 0 aliphatic carbocycles. The maximum absolute atomic E-state index is 13.0. The van der Waals surface area contributed by atoms with E-state index in [9.17, 15) is 9.59 Å². The average Bonchev–Trinajstić information content (AvgIpc) is 3.15. The molecule has 30 heavy (non-hydrogen) atoms. The number of hydrogen-bond acceptors (Lipinski definition) is 4. The Morgan fingerprint density at radius 3 is 2.57 bits per heavy atom. The van der Waals surface area contributed by atoms with Crippen LogP contribution in [0.25, 0.3) is 0 Å². The van der Waals surface area contributed by atoms with Gasteiger partial charge in [-0.15, -0.1) is 6.58 Å². The van der Waals surface area contributed by atoms with Crippen LogP contribution in [-0.4, -0.2) is 59.7 Å². The number of amides is 3. The van der Waals surface area contributed by atoms with E-state index in [-0.39, 0.29) is 19.0 Å². The molecule has 1 aromatic heterocycles. The maximum Gasteiger partial charge on any atom is 0.322 e. The number of carbonyl (C=O) groups excluding carboxylic acids is 2. The van der Waals surface area contributed by atoms with Gasteiger partial charge in [0.2, 0.25) is 5.91 Å². The standard InChI is InChI=1S/C22H27N5O3/c1-4-11-27(22(29)24-19-9-7-18(15-23)8-10-19)17-21(28)26(13-14-30-3)16-20-6-5-12-25(20)2/h4-10,12H,1,11,13-14,16-17H2,2-3H3,(H,24,29). The van der Waals surface area contributed by atoms with E-state index in [0.29, 0.717) is 30.9 Å². The molecule has 1 N–H and O–H groups in total. The smallest absolute Gasteiger partial charge is 0.322 e. The average molecular weight is 409 g/mol. The summed E-state index contributed by atoms with van der Waals surface area (Å²) in [6.07, 6.45) is 3.49. The molecule has 0 unspecified atom stereocenters. The van der Waals surface area contributed by atoms with Gasteiger partial charge in [-0.3, -0.25) is 4.79 Å². The van der Waals surface area contributed by atoms with E-state index in [1.54, 1.807) is 42.4 Å². The van der Waals surface area contributed by atoms with E-state index < -0.39 is 6.03 Å². The second kappa shape index (κ2) is 11.4. The number of methoxy groups -OCH3 is 1. The van der Waals surface area contributed by atoms with Crippen LogP contribution in [-0.2, 0) is 23.1 Å². The first kappa shape index (κ1) is 22.7. The number of carbonyl (C=O) groups is 2. The number of hydrogen-bond donors (Lipinski definition) is 1. The summed E-state index contributed by atoms with van der Waals surface area (Å²) in [5.41, 5.74) is 2.03. The van der Waals surface area contributed by atoms with Crippen LogP contribution >= 0.6 is 0 Å². The van der Waals surface area contributed by atoms with Crippen LogP contribution in [0.3, 0.4) is 0 Å². The summed E-state index contributed by atoms with van der Waals surface area (Å²) in [5, 5.41) is 11.6. The monoisotopic (exact) mass is 409 g/mol. The molecule has 1 aromatic carbocycles. The van der Waals surface area contributed by atoms with Crippen molar-refractivity contribution < 1.29 is 14.3 Å². The number of rotatable bonds is 10. The van der Waals surface area contributed by atoms with Crippen molar-refractivity contribution in [3.63, 3.8) is 0 Å². The van der Waals surface area contributed by atoms with Gasteiger partial charge < -0.3 is 24.4 Å². The molecule has 0 saturated carbocycles. The van der Waals surface area contributed by atoms with E-state index in [1.807, 2.05) is 36.0 Å². The first-order valence-electron chi connectivity index (χ1n) is 9.52. The van der Waals surface area contributed by atoms with Crippen LogP contribution in [0.5, 0.6) is 0 Å². The van der Waals surface area contributed by atoms with Crippen molar-refractivity contribution in [1.82, 2.24) is 14.4 Å². The zero-order valence-corrected chi connectivity index (χ0v) is 17.4. The van der Waals surface area contributed by atoms with Gasteiger partial charge in [-0.05, 0) is 36.4 Å². The van der Waals surface area contributed by atoms with Crippen LogP contribution in [0, 0.1) is 11.3 Å². The van der Waals surface area contributed by atoms with E-state index in [4.69, 9.17) is 10.00 Å². The highest BCUT2D eigenvalue weighted by Gasteiger charge is 2.21. The van der Waals surface area contributed by atoms with Crippen LogP contribution in [0.15, 0.2) is 55.3 Å². The third-order valence-corrected chi connectivity index (χ3v) is 4.55. The number of benzene rings is 1. The first-order chi connectivity index (χ1) is 14.5.